The molecule has 1 unspecified atom stereocenters. The summed E-state index contributed by atoms with van der Waals surface area (Å²) in [5.41, 5.74) is 0. The standard InChI is InChI=1S/C6H7BINO3/c8-2-4-1-5(6(10)12-4)9-3-7-11/h3-5H,1-2H2/t4?,5-/m0/s1. The molecule has 0 N–H and O–H groups in total. The molecule has 0 radical (unpaired) electrons. The zero-order valence-corrected chi connectivity index (χ0v) is 8.43. The van der Waals surface area contributed by atoms with Crippen LogP contribution in [0.4, 0.5) is 0 Å². The van der Waals surface area contributed by atoms with Crippen molar-refractivity contribution in [3.8, 4) is 0 Å². The number of ether oxygens (including phenoxy) is 1. The molecule has 1 aliphatic heterocycles. The molecule has 0 aliphatic carbocycles. The molecule has 2 atom stereocenters. The molecular formula is C6H7BINO3. The summed E-state index contributed by atoms with van der Waals surface area (Å²) in [5.74, 6) is -0.324. The van der Waals surface area contributed by atoms with Crippen LogP contribution in [0.3, 0.4) is 0 Å². The summed E-state index contributed by atoms with van der Waals surface area (Å²) in [6.07, 6.45) is 1.65. The molecule has 1 saturated heterocycles. The molecule has 1 heterocycles. The second kappa shape index (κ2) is 4.69. The van der Waals surface area contributed by atoms with E-state index in [0.717, 1.165) is 10.5 Å². The topological polar surface area (TPSA) is 55.7 Å². The summed E-state index contributed by atoms with van der Waals surface area (Å²) in [4.78, 5) is 14.7. The van der Waals surface area contributed by atoms with Crippen LogP contribution < -0.4 is 0 Å². The van der Waals surface area contributed by atoms with Crippen molar-refractivity contribution in [1.29, 1.82) is 0 Å². The van der Waals surface area contributed by atoms with E-state index in [1.165, 1.54) is 0 Å². The van der Waals surface area contributed by atoms with E-state index in [4.69, 9.17) is 4.74 Å². The third kappa shape index (κ3) is 2.36. The van der Waals surface area contributed by atoms with E-state index in [0.29, 0.717) is 13.6 Å². The first kappa shape index (κ1) is 9.82. The quantitative estimate of drug-likeness (QED) is 0.243. The van der Waals surface area contributed by atoms with Gasteiger partial charge in [-0.05, 0) is 0 Å². The maximum atomic E-state index is 11.0. The Morgan fingerprint density at radius 2 is 2.58 bits per heavy atom. The predicted molar refractivity (Wildman–Crippen MR) is 52.1 cm³/mol. The van der Waals surface area contributed by atoms with Crippen molar-refractivity contribution in [3.05, 3.63) is 0 Å². The van der Waals surface area contributed by atoms with Crippen molar-refractivity contribution >= 4 is 41.8 Å². The number of alkyl halides is 1. The van der Waals surface area contributed by atoms with E-state index in [1.807, 2.05) is 0 Å². The summed E-state index contributed by atoms with van der Waals surface area (Å²) in [6, 6.07) is -0.463. The maximum absolute atomic E-state index is 11.0. The first-order valence-electron chi connectivity index (χ1n) is 3.51. The summed E-state index contributed by atoms with van der Waals surface area (Å²) in [5, 5.41) is 0. The number of carbonyl (C=O) groups excluding carboxylic acids is 1. The van der Waals surface area contributed by atoms with Gasteiger partial charge in [0.05, 0.1) is 0 Å². The number of hydrogen-bond acceptors (Lipinski definition) is 4. The third-order valence-corrected chi connectivity index (χ3v) is 2.52. The molecule has 0 aromatic carbocycles. The molecule has 0 saturated carbocycles. The second-order valence-electron chi connectivity index (χ2n) is 2.40. The number of hydrogen-bond donors (Lipinski definition) is 0. The van der Waals surface area contributed by atoms with Crippen molar-refractivity contribution < 1.29 is 14.2 Å². The average molecular weight is 279 g/mol. The van der Waals surface area contributed by atoms with Crippen LogP contribution in [0.2, 0.25) is 0 Å². The van der Waals surface area contributed by atoms with E-state index in [1.54, 1.807) is 0 Å². The zero-order valence-electron chi connectivity index (χ0n) is 6.27. The Kier molecular flexibility index (Phi) is 3.83. The van der Waals surface area contributed by atoms with E-state index in [-0.39, 0.29) is 12.1 Å². The average Bonchev–Trinajstić information content (AvgIpc) is 2.43. The molecule has 64 valence electrons. The SMILES string of the molecule is O=BC=N[C@H]1CC(CI)OC1=O. The molecule has 1 aliphatic rings. The minimum absolute atomic E-state index is 0.0353. The van der Waals surface area contributed by atoms with Crippen molar-refractivity contribution in [2.45, 2.75) is 18.6 Å². The first-order valence-corrected chi connectivity index (χ1v) is 5.04. The van der Waals surface area contributed by atoms with E-state index in [2.05, 4.69) is 27.6 Å². The van der Waals surface area contributed by atoms with Crippen molar-refractivity contribution in [2.24, 2.45) is 4.99 Å². The minimum atomic E-state index is -0.463. The van der Waals surface area contributed by atoms with E-state index < -0.39 is 6.04 Å². The molecule has 0 aromatic rings. The van der Waals surface area contributed by atoms with Crippen LogP contribution in [-0.4, -0.2) is 35.8 Å². The molecule has 1 rings (SSSR count). The fraction of sp³-hybridized carbons (Fsp3) is 0.667. The van der Waals surface area contributed by atoms with Crippen LogP contribution in [0.5, 0.6) is 0 Å². The van der Waals surface area contributed by atoms with Gasteiger partial charge in [-0.2, -0.15) is 0 Å². The van der Waals surface area contributed by atoms with Crippen LogP contribution >= 0.6 is 22.6 Å². The Balaban J connectivity index is 2.51. The number of nitrogens with zero attached hydrogens (tertiary/aromatic N) is 1. The predicted octanol–water partition coefficient (Wildman–Crippen LogP) is 0.183. The van der Waals surface area contributed by atoms with Gasteiger partial charge in [-0.1, -0.05) is 0 Å². The summed E-state index contributed by atoms with van der Waals surface area (Å²) >= 11 is 2.15. The molecule has 0 aromatic heterocycles. The van der Waals surface area contributed by atoms with Crippen LogP contribution in [0.15, 0.2) is 4.99 Å². The van der Waals surface area contributed by atoms with Crippen molar-refractivity contribution in [2.75, 3.05) is 4.43 Å². The Morgan fingerprint density at radius 1 is 1.83 bits per heavy atom. The van der Waals surface area contributed by atoms with E-state index >= 15 is 0 Å². The Labute approximate surface area is 84.2 Å². The van der Waals surface area contributed by atoms with E-state index in [9.17, 15) is 9.50 Å². The summed E-state index contributed by atoms with van der Waals surface area (Å²) in [6.45, 7) is 0. The number of carbonyl (C=O) groups is 1. The number of esters is 1. The number of rotatable bonds is 3. The third-order valence-electron chi connectivity index (χ3n) is 1.54. The van der Waals surface area contributed by atoms with Gasteiger partial charge in [0, 0.05) is 0 Å². The summed E-state index contributed by atoms with van der Waals surface area (Å²) < 4.78 is 15.6. The fourth-order valence-electron chi connectivity index (χ4n) is 0.991. The molecule has 1 fully saturated rings. The van der Waals surface area contributed by atoms with Gasteiger partial charge in [0.2, 0.25) is 0 Å². The van der Waals surface area contributed by atoms with Crippen LogP contribution in [0, 0.1) is 0 Å². The molecule has 12 heavy (non-hydrogen) atoms. The molecule has 0 spiro atoms. The van der Waals surface area contributed by atoms with Gasteiger partial charge in [0.25, 0.3) is 0 Å². The summed E-state index contributed by atoms with van der Waals surface area (Å²) in [7, 11) is 0.560. The van der Waals surface area contributed by atoms with Gasteiger partial charge in [-0.25, -0.2) is 0 Å². The fourth-order valence-corrected chi connectivity index (χ4v) is 1.53. The number of cyclic esters (lactones) is 1. The molecule has 0 bridgehead atoms. The Bertz CT molecular complexity index is 221. The van der Waals surface area contributed by atoms with Crippen LogP contribution in [0.25, 0.3) is 0 Å². The van der Waals surface area contributed by atoms with Gasteiger partial charge in [0.15, 0.2) is 0 Å². The van der Waals surface area contributed by atoms with Gasteiger partial charge < -0.3 is 0 Å². The van der Waals surface area contributed by atoms with Crippen LogP contribution in [0.1, 0.15) is 6.42 Å². The zero-order chi connectivity index (χ0) is 8.97. The van der Waals surface area contributed by atoms with Gasteiger partial charge in [0.1, 0.15) is 0 Å². The molecular weight excluding hydrogens is 272 g/mol. The van der Waals surface area contributed by atoms with Gasteiger partial charge >= 0.3 is 84.0 Å². The first-order chi connectivity index (χ1) is 5.77. The van der Waals surface area contributed by atoms with Crippen molar-refractivity contribution in [1.82, 2.24) is 0 Å². The molecule has 6 heteroatoms. The van der Waals surface area contributed by atoms with Gasteiger partial charge in [-0.3, -0.25) is 0 Å². The normalized spacial score (nSPS) is 28.9. The monoisotopic (exact) mass is 279 g/mol. The van der Waals surface area contributed by atoms with Gasteiger partial charge in [-0.15, -0.1) is 0 Å². The van der Waals surface area contributed by atoms with Crippen LogP contribution in [-0.2, 0) is 14.2 Å². The molecule has 0 amide bonds. The number of halogens is 1. The number of aliphatic imine (C=N–C) groups is 1. The Hall–Kier alpha value is -0.265. The second-order valence-corrected chi connectivity index (χ2v) is 3.28. The Morgan fingerprint density at radius 3 is 3.08 bits per heavy atom. The molecule has 4 nitrogen and oxygen atoms in total. The van der Waals surface area contributed by atoms with Crippen molar-refractivity contribution in [3.63, 3.8) is 0 Å².